The second-order valence-electron chi connectivity index (χ2n) is 4.13. The van der Waals surface area contributed by atoms with Gasteiger partial charge in [-0.05, 0) is 17.7 Å². The van der Waals surface area contributed by atoms with Crippen LogP contribution in [-0.4, -0.2) is 31.6 Å². The molecule has 8 heteroatoms. The lowest BCUT2D eigenvalue weighted by molar-refractivity contribution is -0.173. The van der Waals surface area contributed by atoms with Crippen molar-refractivity contribution in [1.82, 2.24) is 10.6 Å². The number of benzene rings is 1. The van der Waals surface area contributed by atoms with Gasteiger partial charge in [0.2, 0.25) is 5.91 Å². The highest BCUT2D eigenvalue weighted by atomic mass is 19.4. The Kier molecular flexibility index (Phi) is 6.01. The number of alkyl halides is 3. The van der Waals surface area contributed by atoms with Crippen molar-refractivity contribution < 1.29 is 27.5 Å². The molecule has 2 N–H and O–H groups in total. The van der Waals surface area contributed by atoms with Crippen LogP contribution in [0.3, 0.4) is 0 Å². The van der Waals surface area contributed by atoms with Crippen molar-refractivity contribution in [2.45, 2.75) is 19.1 Å². The molecule has 0 aliphatic carbocycles. The van der Waals surface area contributed by atoms with Crippen LogP contribution < -0.4 is 15.4 Å². The molecule has 1 rings (SSSR count). The predicted molar refractivity (Wildman–Crippen MR) is 68.5 cm³/mol. The highest BCUT2D eigenvalue weighted by Gasteiger charge is 2.38. The van der Waals surface area contributed by atoms with Crippen LogP contribution in [0.1, 0.15) is 12.0 Å². The molecule has 0 unspecified atom stereocenters. The number of ether oxygens (including phenoxy) is 1. The third-order valence-electron chi connectivity index (χ3n) is 2.54. The number of nitrogens with one attached hydrogen (secondary N) is 2. The van der Waals surface area contributed by atoms with E-state index in [1.165, 1.54) is 7.11 Å². The van der Waals surface area contributed by atoms with Crippen LogP contribution in [0.25, 0.3) is 0 Å². The number of halogens is 3. The Labute approximate surface area is 119 Å². The van der Waals surface area contributed by atoms with E-state index in [0.29, 0.717) is 5.75 Å². The molecule has 1 aromatic rings. The normalized spacial score (nSPS) is 10.9. The van der Waals surface area contributed by atoms with E-state index in [1.807, 2.05) is 0 Å². The molecular weight excluding hydrogens is 289 g/mol. The summed E-state index contributed by atoms with van der Waals surface area (Å²) in [5, 5.41) is 4.16. The molecule has 1 aromatic carbocycles. The van der Waals surface area contributed by atoms with Crippen LogP contribution >= 0.6 is 0 Å². The minimum Gasteiger partial charge on any atom is -0.497 e. The summed E-state index contributed by atoms with van der Waals surface area (Å²) in [4.78, 5) is 21.9. The Balaban J connectivity index is 2.26. The van der Waals surface area contributed by atoms with Crippen molar-refractivity contribution in [3.05, 3.63) is 29.8 Å². The molecule has 5 nitrogen and oxygen atoms in total. The van der Waals surface area contributed by atoms with Gasteiger partial charge in [-0.25, -0.2) is 0 Å². The molecule has 0 spiro atoms. The van der Waals surface area contributed by atoms with Gasteiger partial charge in [-0.15, -0.1) is 0 Å². The van der Waals surface area contributed by atoms with Gasteiger partial charge in [0.15, 0.2) is 0 Å². The Hall–Kier alpha value is -2.25. The average molecular weight is 304 g/mol. The number of carbonyl (C=O) groups excluding carboxylic acids is 2. The van der Waals surface area contributed by atoms with Crippen LogP contribution in [0.2, 0.25) is 0 Å². The molecule has 2 amide bonds. The zero-order valence-corrected chi connectivity index (χ0v) is 11.3. The Morgan fingerprint density at radius 3 is 2.29 bits per heavy atom. The summed E-state index contributed by atoms with van der Waals surface area (Å²) in [5.74, 6) is -1.82. The van der Waals surface area contributed by atoms with Crippen LogP contribution in [0.4, 0.5) is 13.2 Å². The summed E-state index contributed by atoms with van der Waals surface area (Å²) in [6.45, 7) is -0.122. The first-order valence-electron chi connectivity index (χ1n) is 6.07. The molecule has 0 atom stereocenters. The first-order chi connectivity index (χ1) is 9.82. The summed E-state index contributed by atoms with van der Waals surface area (Å²) in [6, 6.07) is 6.96. The summed E-state index contributed by atoms with van der Waals surface area (Å²) in [6.07, 6.45) is -5.16. The van der Waals surface area contributed by atoms with Crippen molar-refractivity contribution in [1.29, 1.82) is 0 Å². The van der Waals surface area contributed by atoms with Gasteiger partial charge in [-0.3, -0.25) is 9.59 Å². The maximum absolute atomic E-state index is 11.9. The third-order valence-corrected chi connectivity index (χ3v) is 2.54. The fourth-order valence-electron chi connectivity index (χ4n) is 1.42. The van der Waals surface area contributed by atoms with E-state index in [-0.39, 0.29) is 19.5 Å². The Morgan fingerprint density at radius 1 is 1.14 bits per heavy atom. The number of hydrogen-bond donors (Lipinski definition) is 2. The number of carbonyl (C=O) groups is 2. The quantitative estimate of drug-likeness (QED) is 0.834. The van der Waals surface area contributed by atoms with Gasteiger partial charge in [0.05, 0.1) is 7.11 Å². The number of methoxy groups -OCH3 is 1. The molecular formula is C13H15F3N2O3. The summed E-state index contributed by atoms with van der Waals surface area (Å²) < 4.78 is 40.6. The van der Waals surface area contributed by atoms with Gasteiger partial charge in [0, 0.05) is 19.5 Å². The van der Waals surface area contributed by atoms with Crippen molar-refractivity contribution in [3.8, 4) is 5.75 Å². The van der Waals surface area contributed by atoms with E-state index in [4.69, 9.17) is 4.74 Å². The van der Waals surface area contributed by atoms with Gasteiger partial charge < -0.3 is 15.4 Å². The van der Waals surface area contributed by atoms with Crippen LogP contribution in [-0.2, 0) is 16.1 Å². The average Bonchev–Trinajstić information content (AvgIpc) is 2.44. The van der Waals surface area contributed by atoms with Crippen molar-refractivity contribution in [3.63, 3.8) is 0 Å². The van der Waals surface area contributed by atoms with E-state index in [1.54, 1.807) is 29.6 Å². The highest BCUT2D eigenvalue weighted by molar-refractivity contribution is 5.82. The van der Waals surface area contributed by atoms with Gasteiger partial charge in [0.1, 0.15) is 5.75 Å². The number of rotatable bonds is 6. The molecule has 21 heavy (non-hydrogen) atoms. The maximum Gasteiger partial charge on any atom is 0.471 e. The van der Waals surface area contributed by atoms with E-state index < -0.39 is 18.0 Å². The zero-order chi connectivity index (χ0) is 15.9. The largest absolute Gasteiger partial charge is 0.497 e. The second-order valence-corrected chi connectivity index (χ2v) is 4.13. The molecule has 0 aromatic heterocycles. The molecule has 0 heterocycles. The standard InChI is InChI=1S/C13H15F3N2O3/c1-21-10-4-2-9(3-5-10)8-18-11(19)6-7-17-12(20)13(14,15)16/h2-5H,6-8H2,1H3,(H,17,20)(H,18,19). The fraction of sp³-hybridized carbons (Fsp3) is 0.385. The van der Waals surface area contributed by atoms with Gasteiger partial charge in [-0.1, -0.05) is 12.1 Å². The van der Waals surface area contributed by atoms with Gasteiger partial charge in [0.25, 0.3) is 0 Å². The minimum absolute atomic E-state index is 0.224. The lowest BCUT2D eigenvalue weighted by Gasteiger charge is -2.08. The van der Waals surface area contributed by atoms with Gasteiger partial charge >= 0.3 is 12.1 Å². The van der Waals surface area contributed by atoms with Crippen LogP contribution in [0.15, 0.2) is 24.3 Å². The molecule has 0 bridgehead atoms. The van der Waals surface area contributed by atoms with Crippen molar-refractivity contribution in [2.75, 3.05) is 13.7 Å². The maximum atomic E-state index is 11.9. The molecule has 0 aliphatic rings. The zero-order valence-electron chi connectivity index (χ0n) is 11.3. The second kappa shape index (κ2) is 7.51. The fourth-order valence-corrected chi connectivity index (χ4v) is 1.42. The summed E-state index contributed by atoms with van der Waals surface area (Å²) in [7, 11) is 1.53. The number of amides is 2. The molecule has 0 radical (unpaired) electrons. The Bertz CT molecular complexity index is 486. The third kappa shape index (κ3) is 6.15. The molecule has 0 fully saturated rings. The van der Waals surface area contributed by atoms with E-state index in [9.17, 15) is 22.8 Å². The summed E-state index contributed by atoms with van der Waals surface area (Å²) >= 11 is 0. The lowest BCUT2D eigenvalue weighted by atomic mass is 10.2. The molecule has 0 saturated heterocycles. The first-order valence-corrected chi connectivity index (χ1v) is 6.07. The van der Waals surface area contributed by atoms with Crippen molar-refractivity contribution in [2.24, 2.45) is 0 Å². The minimum atomic E-state index is -4.93. The lowest BCUT2D eigenvalue weighted by Crippen LogP contribution is -2.38. The number of hydrogen-bond acceptors (Lipinski definition) is 3. The Morgan fingerprint density at radius 2 is 1.76 bits per heavy atom. The SMILES string of the molecule is COc1ccc(CNC(=O)CCNC(=O)C(F)(F)F)cc1. The molecule has 0 aliphatic heterocycles. The molecule has 0 saturated carbocycles. The van der Waals surface area contributed by atoms with E-state index >= 15 is 0 Å². The van der Waals surface area contributed by atoms with Crippen LogP contribution in [0, 0.1) is 0 Å². The monoisotopic (exact) mass is 304 g/mol. The van der Waals surface area contributed by atoms with Crippen molar-refractivity contribution >= 4 is 11.8 Å². The molecule has 116 valence electrons. The van der Waals surface area contributed by atoms with Crippen LogP contribution in [0.5, 0.6) is 5.75 Å². The highest BCUT2D eigenvalue weighted by Crippen LogP contribution is 2.14. The summed E-state index contributed by atoms with van der Waals surface area (Å²) in [5.41, 5.74) is 0.823. The van der Waals surface area contributed by atoms with E-state index in [0.717, 1.165) is 5.56 Å². The smallest absolute Gasteiger partial charge is 0.471 e. The first kappa shape index (κ1) is 16.8. The van der Waals surface area contributed by atoms with E-state index in [2.05, 4.69) is 5.32 Å². The topological polar surface area (TPSA) is 67.4 Å². The van der Waals surface area contributed by atoms with Gasteiger partial charge in [-0.2, -0.15) is 13.2 Å². The predicted octanol–water partition coefficient (Wildman–Crippen LogP) is 1.38.